The lowest BCUT2D eigenvalue weighted by Gasteiger charge is -2.34. The topological polar surface area (TPSA) is 3.24 Å². The second kappa shape index (κ2) is 13.9. The van der Waals surface area contributed by atoms with Crippen LogP contribution in [0, 0.1) is 0 Å². The van der Waals surface area contributed by atoms with Crippen molar-refractivity contribution in [3.63, 3.8) is 0 Å². The van der Waals surface area contributed by atoms with E-state index in [4.69, 9.17) is 0 Å². The van der Waals surface area contributed by atoms with Gasteiger partial charge in [-0.25, -0.2) is 0 Å². The van der Waals surface area contributed by atoms with Gasteiger partial charge in [-0.3, -0.25) is 0 Å². The molecule has 0 aromatic heterocycles. The third kappa shape index (κ3) is 5.32. The van der Waals surface area contributed by atoms with E-state index in [1.54, 1.807) is 0 Å². The Morgan fingerprint density at radius 1 is 0.310 bits per heavy atom. The summed E-state index contributed by atoms with van der Waals surface area (Å²) in [7, 11) is 0. The van der Waals surface area contributed by atoms with Gasteiger partial charge in [-0.2, -0.15) is 0 Å². The number of fused-ring (bicyclic) bond motifs is 6. The normalized spacial score (nSPS) is 12.6. The highest BCUT2D eigenvalue weighted by Gasteiger charge is 2.47. The Hall–Kier alpha value is -7.48. The first kappa shape index (κ1) is 33.8. The van der Waals surface area contributed by atoms with Gasteiger partial charge >= 0.3 is 0 Å². The molecule has 0 unspecified atom stereocenters. The lowest BCUT2D eigenvalue weighted by atomic mass is 9.68. The van der Waals surface area contributed by atoms with Gasteiger partial charge in [-0.15, -0.1) is 0 Å². The summed E-state index contributed by atoms with van der Waals surface area (Å²) in [5.74, 6) is 0. The molecule has 11 rings (SSSR count). The van der Waals surface area contributed by atoms with Crippen molar-refractivity contribution in [2.45, 2.75) is 5.41 Å². The first-order valence-corrected chi connectivity index (χ1v) is 20.1. The van der Waals surface area contributed by atoms with E-state index in [9.17, 15) is 0 Å². The summed E-state index contributed by atoms with van der Waals surface area (Å²) in [6, 6.07) is 86.8. The monoisotopic (exact) mass is 737 g/mol. The lowest BCUT2D eigenvalue weighted by Crippen LogP contribution is -2.28. The van der Waals surface area contributed by atoms with Gasteiger partial charge in [0.15, 0.2) is 0 Å². The van der Waals surface area contributed by atoms with Gasteiger partial charge in [-0.1, -0.05) is 200 Å². The van der Waals surface area contributed by atoms with Crippen LogP contribution in [-0.2, 0) is 5.41 Å². The van der Waals surface area contributed by atoms with Crippen LogP contribution in [0.2, 0.25) is 0 Å². The Morgan fingerprint density at radius 2 is 0.862 bits per heavy atom. The molecule has 1 heteroatoms. The third-order valence-corrected chi connectivity index (χ3v) is 12.1. The van der Waals surface area contributed by atoms with Crippen LogP contribution in [0.25, 0.3) is 54.9 Å². The van der Waals surface area contributed by atoms with Crippen LogP contribution in [-0.4, -0.2) is 0 Å². The molecule has 0 aliphatic heterocycles. The number of hydrogen-bond donors (Lipinski definition) is 0. The standard InChI is InChI=1S/C57H39N/c1-4-18-40(19-5-1)41-34-36-46(37-35-41)58(47-26-16-21-42(38-47)52-39-43-20-10-11-27-48(43)49-28-12-13-29-50(49)52)55-33-17-32-54-56(55)51-30-14-15-31-53(51)57(54,44-22-6-2-7-23-44)45-24-8-3-9-25-45/h1-39H. The van der Waals surface area contributed by atoms with Crippen molar-refractivity contribution in [2.75, 3.05) is 4.90 Å². The molecule has 0 amide bonds. The summed E-state index contributed by atoms with van der Waals surface area (Å²) in [4.78, 5) is 2.48. The maximum absolute atomic E-state index is 2.48. The van der Waals surface area contributed by atoms with Crippen LogP contribution in [0.1, 0.15) is 22.3 Å². The van der Waals surface area contributed by atoms with Crippen molar-refractivity contribution in [2.24, 2.45) is 0 Å². The largest absolute Gasteiger partial charge is 0.310 e. The van der Waals surface area contributed by atoms with Gasteiger partial charge in [0.05, 0.1) is 11.1 Å². The van der Waals surface area contributed by atoms with E-state index in [0.717, 1.165) is 17.1 Å². The second-order valence-corrected chi connectivity index (χ2v) is 15.2. The van der Waals surface area contributed by atoms with Crippen molar-refractivity contribution in [1.82, 2.24) is 0 Å². The predicted molar refractivity (Wildman–Crippen MR) is 244 cm³/mol. The van der Waals surface area contributed by atoms with E-state index in [1.807, 2.05) is 0 Å². The van der Waals surface area contributed by atoms with E-state index in [1.165, 1.54) is 77.2 Å². The zero-order valence-electron chi connectivity index (χ0n) is 32.0. The zero-order valence-corrected chi connectivity index (χ0v) is 32.0. The molecular weight excluding hydrogens is 699 g/mol. The average molecular weight is 738 g/mol. The minimum absolute atomic E-state index is 0.501. The van der Waals surface area contributed by atoms with Crippen LogP contribution >= 0.6 is 0 Å². The Kier molecular flexibility index (Phi) is 8.12. The molecule has 0 bridgehead atoms. The van der Waals surface area contributed by atoms with E-state index < -0.39 is 5.41 Å². The molecule has 0 saturated heterocycles. The van der Waals surface area contributed by atoms with Gasteiger partial charge in [0.1, 0.15) is 0 Å². The Morgan fingerprint density at radius 3 is 1.60 bits per heavy atom. The summed E-state index contributed by atoms with van der Waals surface area (Å²) in [6.07, 6.45) is 0. The minimum atomic E-state index is -0.501. The minimum Gasteiger partial charge on any atom is -0.310 e. The highest BCUT2D eigenvalue weighted by atomic mass is 15.1. The molecule has 1 nitrogen and oxygen atoms in total. The zero-order chi connectivity index (χ0) is 38.5. The summed E-state index contributed by atoms with van der Waals surface area (Å²) < 4.78 is 0. The Balaban J connectivity index is 1.18. The van der Waals surface area contributed by atoms with Crippen LogP contribution < -0.4 is 4.90 Å². The van der Waals surface area contributed by atoms with Gasteiger partial charge in [0.2, 0.25) is 0 Å². The molecule has 0 saturated carbocycles. The molecule has 1 aliphatic carbocycles. The molecule has 0 heterocycles. The van der Waals surface area contributed by atoms with E-state index in [-0.39, 0.29) is 0 Å². The molecule has 0 spiro atoms. The smallest absolute Gasteiger partial charge is 0.0714 e. The second-order valence-electron chi connectivity index (χ2n) is 15.2. The number of benzene rings is 10. The highest BCUT2D eigenvalue weighted by Crippen LogP contribution is 2.59. The molecule has 0 radical (unpaired) electrons. The molecule has 1 aliphatic rings. The van der Waals surface area contributed by atoms with E-state index in [0.29, 0.717) is 0 Å². The van der Waals surface area contributed by atoms with Crippen LogP contribution in [0.3, 0.4) is 0 Å². The quantitative estimate of drug-likeness (QED) is 0.147. The first-order chi connectivity index (χ1) is 28.8. The van der Waals surface area contributed by atoms with Crippen molar-refractivity contribution in [1.29, 1.82) is 0 Å². The maximum Gasteiger partial charge on any atom is 0.0714 e. The SMILES string of the molecule is c1ccc(-c2ccc(N(c3cccc(-c4cc5ccccc5c5ccccc45)c3)c3cccc4c3-c3ccccc3C4(c3ccccc3)c3ccccc3)cc2)cc1. The highest BCUT2D eigenvalue weighted by molar-refractivity contribution is 6.14. The Bertz CT molecular complexity index is 3050. The van der Waals surface area contributed by atoms with Crippen molar-refractivity contribution in [3.8, 4) is 33.4 Å². The van der Waals surface area contributed by atoms with E-state index in [2.05, 4.69) is 241 Å². The summed E-state index contributed by atoms with van der Waals surface area (Å²) in [6.45, 7) is 0. The molecule has 272 valence electrons. The van der Waals surface area contributed by atoms with Crippen LogP contribution in [0.4, 0.5) is 17.1 Å². The molecule has 58 heavy (non-hydrogen) atoms. The van der Waals surface area contributed by atoms with Crippen molar-refractivity contribution < 1.29 is 0 Å². The molecule has 0 fully saturated rings. The molecule has 10 aromatic rings. The van der Waals surface area contributed by atoms with Crippen molar-refractivity contribution in [3.05, 3.63) is 259 Å². The number of rotatable bonds is 7. The summed E-state index contributed by atoms with van der Waals surface area (Å²) >= 11 is 0. The first-order valence-electron chi connectivity index (χ1n) is 20.1. The predicted octanol–water partition coefficient (Wildman–Crippen LogP) is 15.2. The number of anilines is 3. The summed E-state index contributed by atoms with van der Waals surface area (Å²) in [5.41, 5.74) is 15.3. The van der Waals surface area contributed by atoms with Gasteiger partial charge in [0.25, 0.3) is 0 Å². The van der Waals surface area contributed by atoms with Crippen LogP contribution in [0.15, 0.2) is 237 Å². The van der Waals surface area contributed by atoms with E-state index >= 15 is 0 Å². The number of hydrogen-bond acceptors (Lipinski definition) is 1. The molecular formula is C57H39N. The molecule has 0 atom stereocenters. The van der Waals surface area contributed by atoms with Crippen molar-refractivity contribution >= 4 is 38.6 Å². The lowest BCUT2D eigenvalue weighted by molar-refractivity contribution is 0.768. The van der Waals surface area contributed by atoms with Gasteiger partial charge < -0.3 is 4.90 Å². The average Bonchev–Trinajstić information content (AvgIpc) is 3.62. The Labute approximate surface area is 339 Å². The molecule has 0 N–H and O–H groups in total. The van der Waals surface area contributed by atoms with Crippen LogP contribution in [0.5, 0.6) is 0 Å². The third-order valence-electron chi connectivity index (χ3n) is 12.1. The van der Waals surface area contributed by atoms with Gasteiger partial charge in [-0.05, 0) is 108 Å². The fourth-order valence-corrected chi connectivity index (χ4v) is 9.63. The fraction of sp³-hybridized carbons (Fsp3) is 0.0175. The fourth-order valence-electron chi connectivity index (χ4n) is 9.63. The summed E-state index contributed by atoms with van der Waals surface area (Å²) in [5, 5.41) is 5.04. The molecule has 10 aromatic carbocycles. The van der Waals surface area contributed by atoms with Gasteiger partial charge in [0, 0.05) is 16.9 Å². The number of nitrogens with zero attached hydrogens (tertiary/aromatic N) is 1. The maximum atomic E-state index is 2.48.